The smallest absolute Gasteiger partial charge is 0.222 e. The fourth-order valence-corrected chi connectivity index (χ4v) is 3.13. The maximum atomic E-state index is 5.87. The van der Waals surface area contributed by atoms with E-state index in [0.717, 1.165) is 48.8 Å². The number of para-hydroxylation sites is 1. The SMILES string of the molecule is Nc1nc(N2CCN(CC3CC3)CC2)c2ccccc2n1. The Kier molecular flexibility index (Phi) is 3.15. The van der Waals surface area contributed by atoms with E-state index in [0.29, 0.717) is 5.95 Å². The van der Waals surface area contributed by atoms with Gasteiger partial charge in [-0.3, -0.25) is 4.90 Å². The van der Waals surface area contributed by atoms with Crippen molar-refractivity contribution >= 4 is 22.7 Å². The topological polar surface area (TPSA) is 58.3 Å². The first kappa shape index (κ1) is 12.8. The number of nitrogen functional groups attached to an aromatic ring is 1. The predicted octanol–water partition coefficient (Wildman–Crippen LogP) is 1.74. The Morgan fingerprint density at radius 3 is 2.57 bits per heavy atom. The van der Waals surface area contributed by atoms with Gasteiger partial charge in [-0.2, -0.15) is 4.98 Å². The molecule has 1 aromatic heterocycles. The number of benzene rings is 1. The molecule has 1 saturated heterocycles. The van der Waals surface area contributed by atoms with Gasteiger partial charge >= 0.3 is 0 Å². The molecule has 1 saturated carbocycles. The van der Waals surface area contributed by atoms with Crippen molar-refractivity contribution in [3.63, 3.8) is 0 Å². The second-order valence-electron chi connectivity index (χ2n) is 6.15. The van der Waals surface area contributed by atoms with Gasteiger partial charge in [0, 0.05) is 38.1 Å². The summed E-state index contributed by atoms with van der Waals surface area (Å²) in [5, 5.41) is 1.10. The molecule has 0 atom stereocenters. The number of nitrogens with zero attached hydrogens (tertiary/aromatic N) is 4. The second kappa shape index (κ2) is 5.15. The third-order valence-corrected chi connectivity index (χ3v) is 4.49. The lowest BCUT2D eigenvalue weighted by molar-refractivity contribution is 0.248. The molecular formula is C16H21N5. The van der Waals surface area contributed by atoms with E-state index >= 15 is 0 Å². The Morgan fingerprint density at radius 1 is 1.05 bits per heavy atom. The molecule has 2 aliphatic rings. The van der Waals surface area contributed by atoms with Gasteiger partial charge in [-0.1, -0.05) is 12.1 Å². The number of piperazine rings is 1. The van der Waals surface area contributed by atoms with Crippen LogP contribution >= 0.6 is 0 Å². The Labute approximate surface area is 124 Å². The van der Waals surface area contributed by atoms with E-state index < -0.39 is 0 Å². The molecule has 1 aromatic carbocycles. The van der Waals surface area contributed by atoms with Crippen LogP contribution in [0.5, 0.6) is 0 Å². The summed E-state index contributed by atoms with van der Waals surface area (Å²) in [5.74, 6) is 2.32. The van der Waals surface area contributed by atoms with Crippen LogP contribution in [-0.2, 0) is 0 Å². The van der Waals surface area contributed by atoms with E-state index in [9.17, 15) is 0 Å². The molecule has 2 fully saturated rings. The van der Waals surface area contributed by atoms with Crippen LogP contribution in [0.25, 0.3) is 10.9 Å². The third kappa shape index (κ3) is 2.65. The number of hydrogen-bond acceptors (Lipinski definition) is 5. The monoisotopic (exact) mass is 283 g/mol. The van der Waals surface area contributed by atoms with Gasteiger partial charge in [0.15, 0.2) is 0 Å². The summed E-state index contributed by atoms with van der Waals surface area (Å²) >= 11 is 0. The van der Waals surface area contributed by atoms with Crippen molar-refractivity contribution in [3.05, 3.63) is 24.3 Å². The molecule has 0 spiro atoms. The molecule has 5 nitrogen and oxygen atoms in total. The van der Waals surface area contributed by atoms with Crippen molar-refractivity contribution in [3.8, 4) is 0 Å². The molecular weight excluding hydrogens is 262 g/mol. The minimum absolute atomic E-state index is 0.365. The average Bonchev–Trinajstić information content (AvgIpc) is 3.31. The predicted molar refractivity (Wildman–Crippen MR) is 85.3 cm³/mol. The van der Waals surface area contributed by atoms with Gasteiger partial charge in [0.1, 0.15) is 5.82 Å². The molecule has 2 aromatic rings. The molecule has 0 radical (unpaired) electrons. The lowest BCUT2D eigenvalue weighted by Crippen LogP contribution is -2.47. The van der Waals surface area contributed by atoms with Gasteiger partial charge in [0.25, 0.3) is 0 Å². The van der Waals surface area contributed by atoms with Crippen molar-refractivity contribution in [1.29, 1.82) is 0 Å². The van der Waals surface area contributed by atoms with Gasteiger partial charge < -0.3 is 10.6 Å². The lowest BCUT2D eigenvalue weighted by atomic mass is 10.2. The number of hydrogen-bond donors (Lipinski definition) is 1. The summed E-state index contributed by atoms with van der Waals surface area (Å²) in [6, 6.07) is 8.11. The van der Waals surface area contributed by atoms with E-state index in [2.05, 4.69) is 25.8 Å². The third-order valence-electron chi connectivity index (χ3n) is 4.49. The van der Waals surface area contributed by atoms with Crippen LogP contribution in [0.4, 0.5) is 11.8 Å². The normalized spacial score (nSPS) is 20.1. The summed E-state index contributed by atoms with van der Waals surface area (Å²) in [4.78, 5) is 13.8. The van der Waals surface area contributed by atoms with Crippen molar-refractivity contribution in [2.45, 2.75) is 12.8 Å². The van der Waals surface area contributed by atoms with Crippen LogP contribution in [0.1, 0.15) is 12.8 Å². The Hall–Kier alpha value is -1.88. The number of rotatable bonds is 3. The van der Waals surface area contributed by atoms with Crippen molar-refractivity contribution < 1.29 is 0 Å². The first-order valence-corrected chi connectivity index (χ1v) is 7.79. The van der Waals surface area contributed by atoms with Gasteiger partial charge in [-0.15, -0.1) is 0 Å². The average molecular weight is 283 g/mol. The van der Waals surface area contributed by atoms with Crippen LogP contribution in [0.2, 0.25) is 0 Å². The minimum Gasteiger partial charge on any atom is -0.368 e. The molecule has 1 aliphatic carbocycles. The van der Waals surface area contributed by atoms with E-state index in [1.165, 1.54) is 19.4 Å². The molecule has 0 amide bonds. The highest BCUT2D eigenvalue weighted by Crippen LogP contribution is 2.30. The zero-order chi connectivity index (χ0) is 14.2. The van der Waals surface area contributed by atoms with Crippen LogP contribution in [0.15, 0.2) is 24.3 Å². The highest BCUT2D eigenvalue weighted by molar-refractivity contribution is 5.90. The van der Waals surface area contributed by atoms with Gasteiger partial charge in [-0.25, -0.2) is 4.98 Å². The number of anilines is 2. The minimum atomic E-state index is 0.365. The summed E-state index contributed by atoms with van der Waals surface area (Å²) in [7, 11) is 0. The summed E-state index contributed by atoms with van der Waals surface area (Å²) in [5.41, 5.74) is 6.80. The summed E-state index contributed by atoms with van der Waals surface area (Å²) < 4.78 is 0. The summed E-state index contributed by atoms with van der Waals surface area (Å²) in [6.45, 7) is 5.56. The highest BCUT2D eigenvalue weighted by Gasteiger charge is 2.27. The zero-order valence-electron chi connectivity index (χ0n) is 12.2. The molecule has 110 valence electrons. The van der Waals surface area contributed by atoms with Crippen LogP contribution in [0, 0.1) is 5.92 Å². The van der Waals surface area contributed by atoms with Crippen molar-refractivity contribution in [2.24, 2.45) is 5.92 Å². The first-order valence-electron chi connectivity index (χ1n) is 7.79. The molecule has 2 N–H and O–H groups in total. The molecule has 4 rings (SSSR count). The summed E-state index contributed by atoms with van der Waals surface area (Å²) in [6.07, 6.45) is 2.85. The Balaban J connectivity index is 1.56. The van der Waals surface area contributed by atoms with Crippen LogP contribution in [0.3, 0.4) is 0 Å². The molecule has 2 heterocycles. The maximum Gasteiger partial charge on any atom is 0.222 e. The van der Waals surface area contributed by atoms with Crippen molar-refractivity contribution in [2.75, 3.05) is 43.4 Å². The van der Waals surface area contributed by atoms with E-state index in [1.807, 2.05) is 18.2 Å². The molecule has 1 aliphatic heterocycles. The van der Waals surface area contributed by atoms with E-state index in [4.69, 9.17) is 5.73 Å². The fraction of sp³-hybridized carbons (Fsp3) is 0.500. The lowest BCUT2D eigenvalue weighted by Gasteiger charge is -2.35. The number of fused-ring (bicyclic) bond motifs is 1. The molecule has 21 heavy (non-hydrogen) atoms. The highest BCUT2D eigenvalue weighted by atomic mass is 15.3. The molecule has 0 unspecified atom stereocenters. The van der Waals surface area contributed by atoms with Crippen molar-refractivity contribution in [1.82, 2.24) is 14.9 Å². The number of aromatic nitrogens is 2. The van der Waals surface area contributed by atoms with Crippen LogP contribution < -0.4 is 10.6 Å². The maximum absolute atomic E-state index is 5.87. The molecule has 5 heteroatoms. The molecule has 0 bridgehead atoms. The Morgan fingerprint density at radius 2 is 1.81 bits per heavy atom. The van der Waals surface area contributed by atoms with Gasteiger partial charge in [-0.05, 0) is 30.9 Å². The van der Waals surface area contributed by atoms with Crippen LogP contribution in [-0.4, -0.2) is 47.6 Å². The van der Waals surface area contributed by atoms with Gasteiger partial charge in [0.2, 0.25) is 5.95 Å². The first-order chi connectivity index (χ1) is 10.3. The standard InChI is InChI=1S/C16H21N5/c17-16-18-14-4-2-1-3-13(14)15(19-16)21-9-7-20(8-10-21)11-12-5-6-12/h1-4,12H,5-11H2,(H2,17,18,19). The van der Waals surface area contributed by atoms with E-state index in [1.54, 1.807) is 0 Å². The van der Waals surface area contributed by atoms with Gasteiger partial charge in [0.05, 0.1) is 5.52 Å². The number of nitrogens with two attached hydrogens (primary N) is 1. The fourth-order valence-electron chi connectivity index (χ4n) is 3.13. The second-order valence-corrected chi connectivity index (χ2v) is 6.15. The quantitative estimate of drug-likeness (QED) is 0.930. The Bertz CT molecular complexity index is 644. The largest absolute Gasteiger partial charge is 0.368 e. The van der Waals surface area contributed by atoms with E-state index in [-0.39, 0.29) is 0 Å². The zero-order valence-corrected chi connectivity index (χ0v) is 12.2.